The highest BCUT2D eigenvalue weighted by Gasteiger charge is 2.09. The van der Waals surface area contributed by atoms with Crippen LogP contribution in [0.25, 0.3) is 22.4 Å². The second-order valence-corrected chi connectivity index (χ2v) is 5.25. The van der Waals surface area contributed by atoms with Crippen molar-refractivity contribution < 1.29 is 3.07 Å². The molecule has 1 heterocycles. The summed E-state index contributed by atoms with van der Waals surface area (Å²) >= 11 is 13.9. The summed E-state index contributed by atoms with van der Waals surface area (Å²) in [5.74, 6) is 1.54. The van der Waals surface area contributed by atoms with Gasteiger partial charge in [-0.05, 0) is 36.4 Å². The van der Waals surface area contributed by atoms with E-state index in [1.807, 2.05) is 53.3 Å². The van der Waals surface area contributed by atoms with E-state index >= 15 is 0 Å². The van der Waals surface area contributed by atoms with Crippen molar-refractivity contribution in [1.29, 1.82) is 0 Å². The van der Waals surface area contributed by atoms with E-state index in [-0.39, 0.29) is 71.9 Å². The fourth-order valence-corrected chi connectivity index (χ4v) is 2.67. The standard InChI is InChI=1S/C13H7Cl2IN2O.3HI/c14-8-5-10(15)12-11(6-8)17-13(18-12)7-1-3-9(19-16)4-2-7;;;/h1-6H,(H,17,18);3*1H. The SMILES string of the molecule is Clc1cc(Cl)c2nc(-c3ccc(OI)cc3)[nH]c2c1.I.I.I. The third kappa shape index (κ3) is 5.10. The van der Waals surface area contributed by atoms with Crippen molar-refractivity contribution in [1.82, 2.24) is 9.97 Å². The Kier molecular flexibility index (Phi) is 10.8. The molecule has 2 aromatic carbocycles. The minimum Gasteiger partial charge on any atom is -0.428 e. The molecule has 0 aliphatic carbocycles. The Morgan fingerprint density at radius 2 is 1.64 bits per heavy atom. The van der Waals surface area contributed by atoms with Crippen LogP contribution in [0.4, 0.5) is 0 Å². The molecule has 0 fully saturated rings. The summed E-state index contributed by atoms with van der Waals surface area (Å²) in [7, 11) is 0. The largest absolute Gasteiger partial charge is 0.428 e. The van der Waals surface area contributed by atoms with Crippen molar-refractivity contribution >= 4 is 129 Å². The van der Waals surface area contributed by atoms with Crippen molar-refractivity contribution in [2.24, 2.45) is 0 Å². The van der Waals surface area contributed by atoms with Gasteiger partial charge in [0.05, 0.1) is 10.5 Å². The first-order chi connectivity index (χ1) is 9.17. The minimum absolute atomic E-state index is 0. The molecule has 0 saturated heterocycles. The maximum Gasteiger partial charge on any atom is 0.192 e. The molecule has 3 aromatic rings. The zero-order valence-electron chi connectivity index (χ0n) is 10.7. The first-order valence-corrected chi connectivity index (χ1v) is 7.05. The molecule has 0 bridgehead atoms. The van der Waals surface area contributed by atoms with Gasteiger partial charge in [-0.15, -0.1) is 71.9 Å². The van der Waals surface area contributed by atoms with E-state index in [9.17, 15) is 0 Å². The number of aromatic amines is 1. The average molecular weight is 789 g/mol. The molecule has 0 radical (unpaired) electrons. The van der Waals surface area contributed by atoms with Crippen LogP contribution >= 0.6 is 118 Å². The number of fused-ring (bicyclic) bond motifs is 1. The summed E-state index contributed by atoms with van der Waals surface area (Å²) in [5, 5.41) is 1.12. The molecule has 120 valence electrons. The van der Waals surface area contributed by atoms with E-state index in [1.165, 1.54) is 0 Å². The Bertz CT molecular complexity index is 750. The van der Waals surface area contributed by atoms with Crippen LogP contribution in [0.1, 0.15) is 0 Å². The molecule has 22 heavy (non-hydrogen) atoms. The molecular weight excluding hydrogens is 779 g/mol. The van der Waals surface area contributed by atoms with Gasteiger partial charge >= 0.3 is 0 Å². The van der Waals surface area contributed by atoms with Crippen molar-refractivity contribution in [2.75, 3.05) is 0 Å². The number of benzene rings is 2. The van der Waals surface area contributed by atoms with Gasteiger partial charge in [0, 0.05) is 10.6 Å². The van der Waals surface area contributed by atoms with E-state index in [4.69, 9.17) is 26.3 Å². The first-order valence-electron chi connectivity index (χ1n) is 5.41. The lowest BCUT2D eigenvalue weighted by atomic mass is 10.2. The van der Waals surface area contributed by atoms with Gasteiger partial charge in [-0.1, -0.05) is 23.2 Å². The molecule has 1 N–H and O–H groups in total. The molecule has 0 aliphatic rings. The van der Waals surface area contributed by atoms with Gasteiger partial charge in [0.1, 0.15) is 17.1 Å². The Labute approximate surface area is 203 Å². The van der Waals surface area contributed by atoms with Crippen LogP contribution in [-0.2, 0) is 0 Å². The van der Waals surface area contributed by atoms with Crippen molar-refractivity contribution in [3.05, 3.63) is 46.4 Å². The fraction of sp³-hybridized carbons (Fsp3) is 0. The van der Waals surface area contributed by atoms with E-state index in [2.05, 4.69) is 9.97 Å². The normalized spacial score (nSPS) is 9.41. The van der Waals surface area contributed by atoms with Gasteiger partial charge in [0.2, 0.25) is 0 Å². The molecule has 0 unspecified atom stereocenters. The van der Waals surface area contributed by atoms with Crippen molar-refractivity contribution in [2.45, 2.75) is 0 Å². The van der Waals surface area contributed by atoms with Crippen LogP contribution in [-0.4, -0.2) is 9.97 Å². The maximum absolute atomic E-state index is 6.12. The number of aromatic nitrogens is 2. The Morgan fingerprint density at radius 3 is 2.23 bits per heavy atom. The Balaban J connectivity index is 0.00000147. The maximum atomic E-state index is 6.12. The number of imidazole rings is 1. The van der Waals surface area contributed by atoms with Gasteiger partial charge in [-0.25, -0.2) is 4.98 Å². The molecule has 1 aromatic heterocycles. The highest BCUT2D eigenvalue weighted by molar-refractivity contribution is 14.1. The van der Waals surface area contributed by atoms with Crippen molar-refractivity contribution in [3.8, 4) is 17.1 Å². The molecule has 3 rings (SSSR count). The predicted molar refractivity (Wildman–Crippen MR) is 132 cm³/mol. The lowest BCUT2D eigenvalue weighted by Crippen LogP contribution is -1.80. The van der Waals surface area contributed by atoms with Gasteiger partial charge in [0.25, 0.3) is 0 Å². The molecule has 3 nitrogen and oxygen atoms in total. The van der Waals surface area contributed by atoms with Crippen LogP contribution in [0, 0.1) is 0 Å². The van der Waals surface area contributed by atoms with E-state index < -0.39 is 0 Å². The van der Waals surface area contributed by atoms with Gasteiger partial charge in [0.15, 0.2) is 23.0 Å². The molecule has 0 amide bonds. The molecule has 0 atom stereocenters. The molecule has 0 aliphatic heterocycles. The number of nitrogens with zero attached hydrogens (tertiary/aromatic N) is 1. The number of hydrogen-bond donors (Lipinski definition) is 1. The zero-order chi connectivity index (χ0) is 13.4. The van der Waals surface area contributed by atoms with Gasteiger partial charge in [-0.3, -0.25) is 0 Å². The summed E-state index contributed by atoms with van der Waals surface area (Å²) in [6.45, 7) is 0. The quantitative estimate of drug-likeness (QED) is 0.281. The summed E-state index contributed by atoms with van der Waals surface area (Å²) in [5.41, 5.74) is 2.50. The fourth-order valence-electron chi connectivity index (χ4n) is 1.84. The number of hydrogen-bond acceptors (Lipinski definition) is 2. The smallest absolute Gasteiger partial charge is 0.192 e. The molecule has 9 heteroatoms. The van der Waals surface area contributed by atoms with Crippen molar-refractivity contribution in [3.63, 3.8) is 0 Å². The van der Waals surface area contributed by atoms with E-state index in [1.54, 1.807) is 6.07 Å². The Hall–Kier alpha value is 1.21. The summed E-state index contributed by atoms with van der Waals surface area (Å²) in [6.07, 6.45) is 0. The van der Waals surface area contributed by atoms with Crippen LogP contribution in [0.3, 0.4) is 0 Å². The van der Waals surface area contributed by atoms with Crippen LogP contribution in [0.5, 0.6) is 5.75 Å². The van der Waals surface area contributed by atoms with Crippen LogP contribution in [0.15, 0.2) is 36.4 Å². The van der Waals surface area contributed by atoms with E-state index in [0.29, 0.717) is 10.0 Å². The number of H-pyrrole nitrogens is 1. The van der Waals surface area contributed by atoms with Gasteiger partial charge < -0.3 is 8.05 Å². The summed E-state index contributed by atoms with van der Waals surface area (Å²) in [4.78, 5) is 7.70. The number of rotatable bonds is 2. The van der Waals surface area contributed by atoms with Crippen LogP contribution < -0.4 is 3.07 Å². The second kappa shape index (κ2) is 10.3. The Morgan fingerprint density at radius 1 is 1.00 bits per heavy atom. The van der Waals surface area contributed by atoms with E-state index in [0.717, 1.165) is 28.2 Å². The number of halogens is 6. The summed E-state index contributed by atoms with van der Waals surface area (Å²) in [6, 6.07) is 11.1. The third-order valence-electron chi connectivity index (χ3n) is 2.72. The predicted octanol–water partition coefficient (Wildman–Crippen LogP) is 7.12. The molecular formula is C13H10Cl2I4N2O. The highest BCUT2D eigenvalue weighted by Crippen LogP contribution is 2.29. The molecule has 0 saturated carbocycles. The lowest BCUT2D eigenvalue weighted by Gasteiger charge is -1.98. The first kappa shape index (κ1) is 23.2. The zero-order valence-corrected chi connectivity index (χ0v) is 21.3. The number of nitrogens with one attached hydrogen (secondary N) is 1. The third-order valence-corrected chi connectivity index (χ3v) is 3.74. The molecule has 0 spiro atoms. The lowest BCUT2D eigenvalue weighted by molar-refractivity contribution is 0.717. The second-order valence-electron chi connectivity index (χ2n) is 3.97. The highest BCUT2D eigenvalue weighted by atomic mass is 127. The topological polar surface area (TPSA) is 37.9 Å². The average Bonchev–Trinajstić information content (AvgIpc) is 2.83. The van der Waals surface area contributed by atoms with Crippen LogP contribution in [0.2, 0.25) is 10.0 Å². The van der Waals surface area contributed by atoms with Gasteiger partial charge in [-0.2, -0.15) is 0 Å². The summed E-state index contributed by atoms with van der Waals surface area (Å²) < 4.78 is 5.10. The monoisotopic (exact) mass is 788 g/mol. The minimum atomic E-state index is 0.